The van der Waals surface area contributed by atoms with Crippen molar-refractivity contribution in [1.82, 2.24) is 10.2 Å². The second-order valence-corrected chi connectivity index (χ2v) is 14.1. The Labute approximate surface area is 280 Å². The molecule has 0 radical (unpaired) electrons. The van der Waals surface area contributed by atoms with E-state index in [-0.39, 0.29) is 30.3 Å². The van der Waals surface area contributed by atoms with Gasteiger partial charge in [0.1, 0.15) is 0 Å². The highest BCUT2D eigenvalue weighted by molar-refractivity contribution is 6.10. The number of hydrogen-bond donors (Lipinski definition) is 3. The summed E-state index contributed by atoms with van der Waals surface area (Å²) in [7, 11) is 0. The molecule has 3 aliphatic rings. The predicted octanol–water partition coefficient (Wildman–Crippen LogP) is 8.14. The highest BCUT2D eigenvalue weighted by atomic mass is 16.3. The Balaban J connectivity index is 1.53. The number of benzene rings is 3. The predicted molar refractivity (Wildman–Crippen MR) is 189 cm³/mol. The third kappa shape index (κ3) is 7.71. The first-order valence-corrected chi connectivity index (χ1v) is 17.4. The zero-order chi connectivity index (χ0) is 33.6. The molecule has 3 N–H and O–H groups in total. The fourth-order valence-corrected chi connectivity index (χ4v) is 7.88. The molecule has 250 valence electrons. The second kappa shape index (κ2) is 15.0. The Hall–Kier alpha value is -3.74. The fraction of sp³-hybridized carbons (Fsp3) is 0.463. The van der Waals surface area contributed by atoms with Crippen LogP contribution in [0.15, 0.2) is 90.5 Å². The van der Waals surface area contributed by atoms with Crippen LogP contribution in [0.1, 0.15) is 117 Å². The Morgan fingerprint density at radius 1 is 1.00 bits per heavy atom. The molecule has 1 saturated carbocycles. The molecule has 0 spiro atoms. The summed E-state index contributed by atoms with van der Waals surface area (Å²) < 4.78 is 0. The van der Waals surface area contributed by atoms with Gasteiger partial charge in [0.2, 0.25) is 0 Å². The molecular formula is C41H52N2O4. The van der Waals surface area contributed by atoms with E-state index >= 15 is 0 Å². The Morgan fingerprint density at radius 3 is 2.40 bits per heavy atom. The van der Waals surface area contributed by atoms with Crippen LogP contribution in [0.2, 0.25) is 0 Å². The number of fused-ring (bicyclic) bond motifs is 8. The fourth-order valence-electron chi connectivity index (χ4n) is 7.88. The molecule has 6 heteroatoms. The summed E-state index contributed by atoms with van der Waals surface area (Å²) in [5, 5.41) is 26.8. The number of carbonyl (C=O) groups is 2. The quantitative estimate of drug-likeness (QED) is 0.172. The van der Waals surface area contributed by atoms with E-state index in [1.54, 1.807) is 4.90 Å². The Morgan fingerprint density at radius 2 is 1.70 bits per heavy atom. The van der Waals surface area contributed by atoms with E-state index in [9.17, 15) is 19.8 Å². The van der Waals surface area contributed by atoms with Crippen molar-refractivity contribution >= 4 is 11.8 Å². The lowest BCUT2D eigenvalue weighted by molar-refractivity contribution is -0.0770. The number of hydrogen-bond acceptors (Lipinski definition) is 4. The van der Waals surface area contributed by atoms with Gasteiger partial charge in [-0.3, -0.25) is 4.79 Å². The average Bonchev–Trinajstić information content (AvgIpc) is 3.32. The van der Waals surface area contributed by atoms with E-state index in [1.165, 1.54) is 5.57 Å². The molecule has 3 aromatic rings. The SMILES string of the molecule is CCCN(CC1(O)CCC2c3ccc(cc3C(=O)c3ccccc3)CC(O)CCC(C)=CCCC21C)C(=O)NC(C)c1ccccc1. The lowest BCUT2D eigenvalue weighted by Gasteiger charge is -2.46. The van der Waals surface area contributed by atoms with Gasteiger partial charge in [0.25, 0.3) is 0 Å². The number of nitrogens with one attached hydrogen (secondary N) is 1. The van der Waals surface area contributed by atoms with Crippen molar-refractivity contribution in [2.24, 2.45) is 5.41 Å². The van der Waals surface area contributed by atoms with Crippen LogP contribution >= 0.6 is 0 Å². The summed E-state index contributed by atoms with van der Waals surface area (Å²) in [6.45, 7) is 9.08. The maximum atomic E-state index is 14.1. The highest BCUT2D eigenvalue weighted by Gasteiger charge is 2.57. The van der Waals surface area contributed by atoms with Crippen molar-refractivity contribution in [3.05, 3.63) is 118 Å². The second-order valence-electron chi connectivity index (χ2n) is 14.1. The van der Waals surface area contributed by atoms with E-state index in [1.807, 2.05) is 79.7 Å². The summed E-state index contributed by atoms with van der Waals surface area (Å²) >= 11 is 0. The average molecular weight is 637 g/mol. The zero-order valence-electron chi connectivity index (χ0n) is 28.5. The minimum Gasteiger partial charge on any atom is -0.393 e. The monoisotopic (exact) mass is 636 g/mol. The number of rotatable bonds is 8. The van der Waals surface area contributed by atoms with E-state index in [0.717, 1.165) is 36.0 Å². The van der Waals surface area contributed by atoms with Gasteiger partial charge in [0.15, 0.2) is 5.78 Å². The first kappa shape index (κ1) is 34.6. The number of aliphatic hydroxyl groups excluding tert-OH is 1. The molecule has 2 bridgehead atoms. The van der Waals surface area contributed by atoms with Crippen molar-refractivity contribution in [3.8, 4) is 0 Å². The smallest absolute Gasteiger partial charge is 0.317 e. The molecule has 3 aliphatic carbocycles. The molecule has 47 heavy (non-hydrogen) atoms. The molecule has 5 atom stereocenters. The number of allylic oxidation sites excluding steroid dienone is 2. The highest BCUT2D eigenvalue weighted by Crippen LogP contribution is 2.59. The van der Waals surface area contributed by atoms with Crippen LogP contribution in [0, 0.1) is 5.41 Å². The van der Waals surface area contributed by atoms with Crippen molar-refractivity contribution in [1.29, 1.82) is 0 Å². The molecule has 6 nitrogen and oxygen atoms in total. The molecule has 0 aliphatic heterocycles. The summed E-state index contributed by atoms with van der Waals surface area (Å²) in [6.07, 6.45) is 7.16. The van der Waals surface area contributed by atoms with Gasteiger partial charge in [-0.05, 0) is 93.9 Å². The standard InChI is InChI=1S/C41H52N2O4/c1-5-25-43(39(46)42-30(3)32-14-8-6-9-15-32)28-41(47)24-22-37-35-21-19-31(27-36(35)38(45)33-16-10-7-11-17-33)26-34(44)20-18-29(2)13-12-23-40(37,41)4/h6-11,13-17,19,21,27,30,34,37,44,47H,5,12,18,20,22-26,28H2,1-4H3,(H,42,46). The van der Waals surface area contributed by atoms with E-state index in [0.29, 0.717) is 49.8 Å². The zero-order valence-corrected chi connectivity index (χ0v) is 28.5. The van der Waals surface area contributed by atoms with Gasteiger partial charge in [-0.15, -0.1) is 0 Å². The number of carbonyl (C=O) groups excluding carboxylic acids is 2. The lowest BCUT2D eigenvalue weighted by atomic mass is 9.64. The molecule has 0 aromatic heterocycles. The summed E-state index contributed by atoms with van der Waals surface area (Å²) in [4.78, 5) is 29.7. The van der Waals surface area contributed by atoms with Gasteiger partial charge in [0.05, 0.1) is 24.3 Å². The van der Waals surface area contributed by atoms with Crippen molar-refractivity contribution in [3.63, 3.8) is 0 Å². The summed E-state index contributed by atoms with van der Waals surface area (Å²) in [6, 6.07) is 25.0. The van der Waals surface area contributed by atoms with Crippen LogP contribution in [-0.2, 0) is 6.42 Å². The maximum absolute atomic E-state index is 14.1. The molecular weight excluding hydrogens is 584 g/mol. The molecule has 5 unspecified atom stereocenters. The first-order chi connectivity index (χ1) is 22.5. The van der Waals surface area contributed by atoms with Gasteiger partial charge in [-0.1, -0.05) is 98.3 Å². The van der Waals surface area contributed by atoms with Crippen LogP contribution in [0.5, 0.6) is 0 Å². The third-order valence-corrected chi connectivity index (χ3v) is 10.8. The topological polar surface area (TPSA) is 89.9 Å². The van der Waals surface area contributed by atoms with Crippen LogP contribution in [0.3, 0.4) is 0 Å². The van der Waals surface area contributed by atoms with Crippen molar-refractivity contribution in [2.45, 2.75) is 103 Å². The molecule has 0 saturated heterocycles. The van der Waals surface area contributed by atoms with E-state index in [4.69, 9.17) is 0 Å². The van der Waals surface area contributed by atoms with Gasteiger partial charge >= 0.3 is 6.03 Å². The lowest BCUT2D eigenvalue weighted by Crippen LogP contribution is -2.55. The van der Waals surface area contributed by atoms with Crippen LogP contribution < -0.4 is 5.32 Å². The third-order valence-electron chi connectivity index (χ3n) is 10.8. The molecule has 0 heterocycles. The molecule has 6 rings (SSSR count). The maximum Gasteiger partial charge on any atom is 0.317 e. The minimum absolute atomic E-state index is 0.0422. The van der Waals surface area contributed by atoms with Gasteiger partial charge in [-0.25, -0.2) is 4.79 Å². The molecule has 2 amide bonds. The first-order valence-electron chi connectivity index (χ1n) is 17.4. The summed E-state index contributed by atoms with van der Waals surface area (Å²) in [5.41, 5.74) is 3.63. The Kier molecular flexibility index (Phi) is 11.0. The molecule has 1 fully saturated rings. The summed E-state index contributed by atoms with van der Waals surface area (Å²) in [5.74, 6) is -0.139. The number of nitrogens with zero attached hydrogens (tertiary/aromatic N) is 1. The number of aliphatic hydroxyl groups is 2. The van der Waals surface area contributed by atoms with Gasteiger partial charge in [0, 0.05) is 23.1 Å². The van der Waals surface area contributed by atoms with Gasteiger partial charge < -0.3 is 20.4 Å². The normalized spacial score (nSPS) is 25.3. The minimum atomic E-state index is -1.17. The van der Waals surface area contributed by atoms with Crippen LogP contribution in [0.25, 0.3) is 0 Å². The van der Waals surface area contributed by atoms with Crippen molar-refractivity contribution < 1.29 is 19.8 Å². The number of ketones is 1. The number of urea groups is 1. The van der Waals surface area contributed by atoms with E-state index < -0.39 is 17.1 Å². The van der Waals surface area contributed by atoms with Crippen LogP contribution in [-0.4, -0.2) is 51.7 Å². The van der Waals surface area contributed by atoms with Crippen molar-refractivity contribution in [2.75, 3.05) is 13.1 Å². The molecule has 3 aromatic carbocycles. The largest absolute Gasteiger partial charge is 0.393 e. The van der Waals surface area contributed by atoms with E-state index in [2.05, 4.69) is 38.2 Å². The van der Waals surface area contributed by atoms with Gasteiger partial charge in [-0.2, -0.15) is 0 Å². The number of amides is 2. The Bertz CT molecular complexity index is 1550. The van der Waals surface area contributed by atoms with Crippen LogP contribution in [0.4, 0.5) is 4.79 Å².